The van der Waals surface area contributed by atoms with Crippen LogP contribution in [-0.4, -0.2) is 29.6 Å². The number of nitrogens with one attached hydrogen (secondary N) is 2. The predicted molar refractivity (Wildman–Crippen MR) is 65.9 cm³/mol. The third kappa shape index (κ3) is 3.32. The van der Waals surface area contributed by atoms with E-state index < -0.39 is 0 Å². The molecule has 88 valence electrons. The summed E-state index contributed by atoms with van der Waals surface area (Å²) >= 11 is 5.87. The molecule has 4 nitrogen and oxygen atoms in total. The lowest BCUT2D eigenvalue weighted by atomic mass is 9.98. The SMILES string of the molecule is Cc1cc(Cl)nc(NCC2CCNCC2)n1. The van der Waals surface area contributed by atoms with Gasteiger partial charge in [0.2, 0.25) is 5.95 Å². The first-order chi connectivity index (χ1) is 7.74. The molecular weight excluding hydrogens is 224 g/mol. The fraction of sp³-hybridized carbons (Fsp3) is 0.636. The normalized spacial score (nSPS) is 17.4. The van der Waals surface area contributed by atoms with Crippen LogP contribution in [0, 0.1) is 12.8 Å². The Kier molecular flexibility index (Phi) is 3.96. The summed E-state index contributed by atoms with van der Waals surface area (Å²) in [5, 5.41) is 7.11. The van der Waals surface area contributed by atoms with Crippen molar-refractivity contribution in [2.24, 2.45) is 5.92 Å². The fourth-order valence-corrected chi connectivity index (χ4v) is 2.17. The molecule has 0 atom stereocenters. The van der Waals surface area contributed by atoms with Crippen molar-refractivity contribution in [2.75, 3.05) is 25.0 Å². The van der Waals surface area contributed by atoms with E-state index in [1.54, 1.807) is 6.07 Å². The highest BCUT2D eigenvalue weighted by Crippen LogP contribution is 2.14. The second kappa shape index (κ2) is 5.46. The first kappa shape index (κ1) is 11.6. The molecule has 16 heavy (non-hydrogen) atoms. The summed E-state index contributed by atoms with van der Waals surface area (Å²) in [7, 11) is 0. The van der Waals surface area contributed by atoms with Crippen LogP contribution in [0.5, 0.6) is 0 Å². The minimum atomic E-state index is 0.500. The zero-order chi connectivity index (χ0) is 11.4. The van der Waals surface area contributed by atoms with Crippen molar-refractivity contribution in [3.63, 3.8) is 0 Å². The van der Waals surface area contributed by atoms with Gasteiger partial charge in [0.1, 0.15) is 5.15 Å². The molecule has 1 aliphatic heterocycles. The van der Waals surface area contributed by atoms with Gasteiger partial charge in [-0.2, -0.15) is 0 Å². The highest BCUT2D eigenvalue weighted by atomic mass is 35.5. The third-order valence-corrected chi connectivity index (χ3v) is 3.02. The summed E-state index contributed by atoms with van der Waals surface area (Å²) in [5.41, 5.74) is 0.896. The molecule has 0 radical (unpaired) electrons. The first-order valence-corrected chi connectivity index (χ1v) is 6.07. The van der Waals surface area contributed by atoms with E-state index in [0.29, 0.717) is 17.0 Å². The van der Waals surface area contributed by atoms with E-state index in [1.165, 1.54) is 12.8 Å². The van der Waals surface area contributed by atoms with Crippen LogP contribution in [0.2, 0.25) is 5.15 Å². The maximum Gasteiger partial charge on any atom is 0.224 e. The van der Waals surface area contributed by atoms with Gasteiger partial charge in [0, 0.05) is 12.2 Å². The quantitative estimate of drug-likeness (QED) is 0.792. The number of hydrogen-bond donors (Lipinski definition) is 2. The predicted octanol–water partition coefficient (Wildman–Crippen LogP) is 1.85. The lowest BCUT2D eigenvalue weighted by molar-refractivity contribution is 0.389. The highest BCUT2D eigenvalue weighted by molar-refractivity contribution is 6.29. The van der Waals surface area contributed by atoms with E-state index in [1.807, 2.05) is 6.92 Å². The van der Waals surface area contributed by atoms with Crippen LogP contribution >= 0.6 is 11.6 Å². The molecule has 2 rings (SSSR count). The fourth-order valence-electron chi connectivity index (χ4n) is 1.93. The van der Waals surface area contributed by atoms with Gasteiger partial charge >= 0.3 is 0 Å². The lowest BCUT2D eigenvalue weighted by Crippen LogP contribution is -2.31. The van der Waals surface area contributed by atoms with Crippen molar-refractivity contribution in [3.05, 3.63) is 16.9 Å². The maximum atomic E-state index is 5.87. The number of halogens is 1. The third-order valence-electron chi connectivity index (χ3n) is 2.83. The Hall–Kier alpha value is -0.870. The summed E-state index contributed by atoms with van der Waals surface area (Å²) in [4.78, 5) is 8.44. The molecule has 0 amide bonds. The summed E-state index contributed by atoms with van der Waals surface area (Å²) in [6, 6.07) is 1.76. The number of rotatable bonds is 3. The second-order valence-electron chi connectivity index (χ2n) is 4.23. The van der Waals surface area contributed by atoms with E-state index in [0.717, 1.165) is 25.3 Å². The molecule has 2 N–H and O–H groups in total. The number of hydrogen-bond acceptors (Lipinski definition) is 4. The van der Waals surface area contributed by atoms with Gasteiger partial charge in [-0.3, -0.25) is 0 Å². The van der Waals surface area contributed by atoms with Crippen LogP contribution < -0.4 is 10.6 Å². The highest BCUT2D eigenvalue weighted by Gasteiger charge is 2.13. The molecule has 0 unspecified atom stereocenters. The molecule has 1 fully saturated rings. The number of anilines is 1. The van der Waals surface area contributed by atoms with Gasteiger partial charge in [-0.05, 0) is 44.8 Å². The summed E-state index contributed by atoms with van der Waals surface area (Å²) in [5.74, 6) is 1.35. The number of aryl methyl sites for hydroxylation is 1. The Balaban J connectivity index is 1.88. The second-order valence-corrected chi connectivity index (χ2v) is 4.62. The van der Waals surface area contributed by atoms with Gasteiger partial charge < -0.3 is 10.6 Å². The standard InChI is InChI=1S/C11H17ClN4/c1-8-6-10(12)16-11(15-8)14-7-9-2-4-13-5-3-9/h6,9,13H,2-5,7H2,1H3,(H,14,15,16). The van der Waals surface area contributed by atoms with Crippen LogP contribution in [0.15, 0.2) is 6.07 Å². The zero-order valence-corrected chi connectivity index (χ0v) is 10.2. The van der Waals surface area contributed by atoms with Crippen molar-refractivity contribution >= 4 is 17.5 Å². The van der Waals surface area contributed by atoms with Gasteiger partial charge in [0.25, 0.3) is 0 Å². The van der Waals surface area contributed by atoms with E-state index >= 15 is 0 Å². The van der Waals surface area contributed by atoms with E-state index in [2.05, 4.69) is 20.6 Å². The molecule has 0 spiro atoms. The molecule has 1 saturated heterocycles. The maximum absolute atomic E-state index is 5.87. The van der Waals surface area contributed by atoms with Crippen LogP contribution in [0.25, 0.3) is 0 Å². The summed E-state index contributed by atoms with van der Waals surface area (Å²) in [6.07, 6.45) is 2.43. The molecule has 1 aromatic heterocycles. The Morgan fingerprint density at radius 2 is 2.19 bits per heavy atom. The Bertz CT molecular complexity index is 330. The molecule has 2 heterocycles. The van der Waals surface area contributed by atoms with E-state index in [4.69, 9.17) is 11.6 Å². The molecule has 1 aliphatic rings. The minimum absolute atomic E-state index is 0.500. The van der Waals surface area contributed by atoms with Gasteiger partial charge in [-0.25, -0.2) is 9.97 Å². The minimum Gasteiger partial charge on any atom is -0.354 e. The van der Waals surface area contributed by atoms with Gasteiger partial charge in [0.05, 0.1) is 0 Å². The van der Waals surface area contributed by atoms with Gasteiger partial charge in [-0.15, -0.1) is 0 Å². The summed E-state index contributed by atoms with van der Waals surface area (Å²) < 4.78 is 0. The zero-order valence-electron chi connectivity index (χ0n) is 9.46. The average molecular weight is 241 g/mol. The largest absolute Gasteiger partial charge is 0.354 e. The number of piperidine rings is 1. The van der Waals surface area contributed by atoms with Crippen molar-refractivity contribution in [2.45, 2.75) is 19.8 Å². The number of nitrogens with zero attached hydrogens (tertiary/aromatic N) is 2. The molecule has 0 aromatic carbocycles. The van der Waals surface area contributed by atoms with Crippen molar-refractivity contribution in [1.82, 2.24) is 15.3 Å². The van der Waals surface area contributed by atoms with Gasteiger partial charge in [-0.1, -0.05) is 11.6 Å². The van der Waals surface area contributed by atoms with Crippen molar-refractivity contribution in [1.29, 1.82) is 0 Å². The Morgan fingerprint density at radius 3 is 2.88 bits per heavy atom. The van der Waals surface area contributed by atoms with E-state index in [-0.39, 0.29) is 0 Å². The van der Waals surface area contributed by atoms with E-state index in [9.17, 15) is 0 Å². The van der Waals surface area contributed by atoms with Crippen molar-refractivity contribution in [3.8, 4) is 0 Å². The molecule has 0 bridgehead atoms. The summed E-state index contributed by atoms with van der Waals surface area (Å²) in [6.45, 7) is 5.08. The van der Waals surface area contributed by atoms with Crippen LogP contribution in [0.4, 0.5) is 5.95 Å². The van der Waals surface area contributed by atoms with Crippen LogP contribution in [0.1, 0.15) is 18.5 Å². The Labute approximate surface area is 101 Å². The first-order valence-electron chi connectivity index (χ1n) is 5.70. The molecule has 0 saturated carbocycles. The lowest BCUT2D eigenvalue weighted by Gasteiger charge is -2.22. The molecule has 1 aromatic rings. The van der Waals surface area contributed by atoms with Crippen molar-refractivity contribution < 1.29 is 0 Å². The smallest absolute Gasteiger partial charge is 0.224 e. The molecule has 5 heteroatoms. The van der Waals surface area contributed by atoms with Gasteiger partial charge in [0.15, 0.2) is 0 Å². The Morgan fingerprint density at radius 1 is 1.44 bits per heavy atom. The molecule has 0 aliphatic carbocycles. The number of aromatic nitrogens is 2. The topological polar surface area (TPSA) is 49.8 Å². The van der Waals surface area contributed by atoms with Crippen LogP contribution in [0.3, 0.4) is 0 Å². The van der Waals surface area contributed by atoms with Crippen LogP contribution in [-0.2, 0) is 0 Å². The average Bonchev–Trinajstić information content (AvgIpc) is 2.27. The molecular formula is C11H17ClN4. The monoisotopic (exact) mass is 240 g/mol.